The average molecular weight is 305 g/mol. The van der Waals surface area contributed by atoms with Crippen LogP contribution in [0.25, 0.3) is 0 Å². The molecule has 22 heavy (non-hydrogen) atoms. The van der Waals surface area contributed by atoms with Crippen LogP contribution in [0.3, 0.4) is 0 Å². The Hall–Kier alpha value is -1.59. The van der Waals surface area contributed by atoms with Crippen LogP contribution in [-0.2, 0) is 6.54 Å². The first-order chi connectivity index (χ1) is 10.7. The zero-order chi connectivity index (χ0) is 15.8. The predicted octanol–water partition coefficient (Wildman–Crippen LogP) is 1.64. The minimum Gasteiger partial charge on any atom is -0.396 e. The van der Waals surface area contributed by atoms with Crippen LogP contribution in [0, 0.1) is 6.92 Å². The van der Waals surface area contributed by atoms with Crippen LogP contribution in [0.2, 0.25) is 0 Å². The standard InChI is InChI=1S/C17H27N3O2/c1-14-5-2-3-6-15(14)13-20-10-7-16(8-11-20)19-17(22)18-9-4-12-21/h2-3,5-6,16,21H,4,7-13H2,1H3,(H2,18,19,22). The zero-order valence-electron chi connectivity index (χ0n) is 13.3. The molecule has 0 atom stereocenters. The fraction of sp³-hybridized carbons (Fsp3) is 0.588. The number of urea groups is 1. The number of aliphatic hydroxyl groups is 1. The second-order valence-electron chi connectivity index (χ2n) is 5.95. The highest BCUT2D eigenvalue weighted by Crippen LogP contribution is 2.16. The van der Waals surface area contributed by atoms with Gasteiger partial charge in [-0.2, -0.15) is 0 Å². The lowest BCUT2D eigenvalue weighted by molar-refractivity contribution is 0.186. The number of carbonyl (C=O) groups is 1. The van der Waals surface area contributed by atoms with Crippen molar-refractivity contribution in [1.82, 2.24) is 15.5 Å². The molecule has 0 aliphatic carbocycles. The molecule has 1 saturated heterocycles. The van der Waals surface area contributed by atoms with Gasteiger partial charge in [-0.3, -0.25) is 4.90 Å². The normalized spacial score (nSPS) is 16.5. The van der Waals surface area contributed by atoms with Gasteiger partial charge in [0.1, 0.15) is 0 Å². The minimum absolute atomic E-state index is 0.109. The van der Waals surface area contributed by atoms with E-state index in [9.17, 15) is 4.79 Å². The van der Waals surface area contributed by atoms with E-state index in [-0.39, 0.29) is 18.7 Å². The van der Waals surface area contributed by atoms with Crippen molar-refractivity contribution >= 4 is 6.03 Å². The van der Waals surface area contributed by atoms with Crippen molar-refractivity contribution in [3.8, 4) is 0 Å². The Kier molecular flexibility index (Phi) is 6.68. The molecule has 0 unspecified atom stereocenters. The Bertz CT molecular complexity index is 471. The molecule has 1 aliphatic rings. The number of hydrogen-bond donors (Lipinski definition) is 3. The van der Waals surface area contributed by atoms with E-state index in [1.54, 1.807) is 0 Å². The summed E-state index contributed by atoms with van der Waals surface area (Å²) in [6.45, 7) is 5.79. The van der Waals surface area contributed by atoms with Crippen LogP contribution in [0.1, 0.15) is 30.4 Å². The van der Waals surface area contributed by atoms with E-state index in [2.05, 4.69) is 46.7 Å². The molecular weight excluding hydrogens is 278 g/mol. The van der Waals surface area contributed by atoms with E-state index >= 15 is 0 Å². The van der Waals surface area contributed by atoms with Gasteiger partial charge in [0.05, 0.1) is 0 Å². The molecule has 0 bridgehead atoms. The molecular formula is C17H27N3O2. The number of likely N-dealkylation sites (tertiary alicyclic amines) is 1. The average Bonchev–Trinajstić information content (AvgIpc) is 2.52. The van der Waals surface area contributed by atoms with Crippen LogP contribution in [0.5, 0.6) is 0 Å². The van der Waals surface area contributed by atoms with E-state index in [4.69, 9.17) is 5.11 Å². The largest absolute Gasteiger partial charge is 0.396 e. The van der Waals surface area contributed by atoms with Crippen molar-refractivity contribution in [3.05, 3.63) is 35.4 Å². The molecule has 1 fully saturated rings. The van der Waals surface area contributed by atoms with Crippen molar-refractivity contribution in [2.75, 3.05) is 26.2 Å². The summed E-state index contributed by atoms with van der Waals surface area (Å²) >= 11 is 0. The number of aryl methyl sites for hydroxylation is 1. The van der Waals surface area contributed by atoms with Crippen LogP contribution in [-0.4, -0.2) is 48.3 Å². The maximum absolute atomic E-state index is 11.7. The summed E-state index contributed by atoms with van der Waals surface area (Å²) in [6.07, 6.45) is 2.57. The number of benzene rings is 1. The smallest absolute Gasteiger partial charge is 0.315 e. The fourth-order valence-corrected chi connectivity index (χ4v) is 2.78. The Morgan fingerprint density at radius 1 is 1.32 bits per heavy atom. The molecule has 1 aromatic rings. The highest BCUT2D eigenvalue weighted by Gasteiger charge is 2.20. The first-order valence-electron chi connectivity index (χ1n) is 8.11. The molecule has 1 aliphatic heterocycles. The van der Waals surface area contributed by atoms with Gasteiger partial charge in [-0.1, -0.05) is 24.3 Å². The van der Waals surface area contributed by atoms with Crippen LogP contribution < -0.4 is 10.6 Å². The highest BCUT2D eigenvalue weighted by molar-refractivity contribution is 5.74. The molecule has 0 aromatic heterocycles. The van der Waals surface area contributed by atoms with E-state index in [1.807, 2.05) is 0 Å². The quantitative estimate of drug-likeness (QED) is 0.700. The van der Waals surface area contributed by atoms with Gasteiger partial charge in [-0.25, -0.2) is 4.79 Å². The second kappa shape index (κ2) is 8.76. The summed E-state index contributed by atoms with van der Waals surface area (Å²) in [7, 11) is 0. The molecule has 3 N–H and O–H groups in total. The van der Waals surface area contributed by atoms with Gasteiger partial charge in [0, 0.05) is 38.8 Å². The number of rotatable bonds is 6. The van der Waals surface area contributed by atoms with Crippen LogP contribution in [0.15, 0.2) is 24.3 Å². The van der Waals surface area contributed by atoms with E-state index < -0.39 is 0 Å². The number of piperidine rings is 1. The van der Waals surface area contributed by atoms with Crippen molar-refractivity contribution in [3.63, 3.8) is 0 Å². The fourth-order valence-electron chi connectivity index (χ4n) is 2.78. The van der Waals surface area contributed by atoms with Crippen molar-refractivity contribution < 1.29 is 9.90 Å². The van der Waals surface area contributed by atoms with Gasteiger partial charge in [0.15, 0.2) is 0 Å². The third-order valence-electron chi connectivity index (χ3n) is 4.20. The molecule has 122 valence electrons. The Morgan fingerprint density at radius 2 is 2.05 bits per heavy atom. The summed E-state index contributed by atoms with van der Waals surface area (Å²) in [4.78, 5) is 14.1. The Morgan fingerprint density at radius 3 is 2.73 bits per heavy atom. The number of amides is 2. The molecule has 2 rings (SSSR count). The molecule has 0 saturated carbocycles. The highest BCUT2D eigenvalue weighted by atomic mass is 16.3. The summed E-state index contributed by atoms with van der Waals surface area (Å²) in [5, 5.41) is 14.5. The first kappa shape index (κ1) is 16.8. The van der Waals surface area contributed by atoms with Crippen molar-refractivity contribution in [1.29, 1.82) is 0 Å². The SMILES string of the molecule is Cc1ccccc1CN1CCC(NC(=O)NCCCO)CC1. The maximum Gasteiger partial charge on any atom is 0.315 e. The molecule has 5 nitrogen and oxygen atoms in total. The van der Waals surface area contributed by atoms with Crippen LogP contribution >= 0.6 is 0 Å². The molecule has 1 aromatic carbocycles. The number of carbonyl (C=O) groups excluding carboxylic acids is 1. The van der Waals surface area contributed by atoms with Gasteiger partial charge in [-0.05, 0) is 37.3 Å². The lowest BCUT2D eigenvalue weighted by atomic mass is 10.0. The summed E-state index contributed by atoms with van der Waals surface area (Å²) in [6, 6.07) is 8.64. The minimum atomic E-state index is -0.120. The Labute approximate surface area is 132 Å². The van der Waals surface area contributed by atoms with E-state index in [0.29, 0.717) is 13.0 Å². The summed E-state index contributed by atoms with van der Waals surface area (Å²) < 4.78 is 0. The number of nitrogens with one attached hydrogen (secondary N) is 2. The van der Waals surface area contributed by atoms with Crippen LogP contribution in [0.4, 0.5) is 4.79 Å². The maximum atomic E-state index is 11.7. The molecule has 2 amide bonds. The van der Waals surface area contributed by atoms with E-state index in [1.165, 1.54) is 11.1 Å². The third-order valence-corrected chi connectivity index (χ3v) is 4.20. The molecule has 5 heteroatoms. The van der Waals surface area contributed by atoms with Gasteiger partial charge in [0.25, 0.3) is 0 Å². The summed E-state index contributed by atoms with van der Waals surface area (Å²) in [5.41, 5.74) is 2.72. The van der Waals surface area contributed by atoms with Gasteiger partial charge >= 0.3 is 6.03 Å². The first-order valence-corrected chi connectivity index (χ1v) is 8.11. The van der Waals surface area contributed by atoms with Gasteiger partial charge in [-0.15, -0.1) is 0 Å². The lowest BCUT2D eigenvalue weighted by Crippen LogP contribution is -2.47. The van der Waals surface area contributed by atoms with Crippen molar-refractivity contribution in [2.24, 2.45) is 0 Å². The molecule has 0 radical (unpaired) electrons. The number of nitrogens with zero attached hydrogens (tertiary/aromatic N) is 1. The predicted molar refractivity (Wildman–Crippen MR) is 87.7 cm³/mol. The third kappa shape index (κ3) is 5.31. The molecule has 0 spiro atoms. The second-order valence-corrected chi connectivity index (χ2v) is 5.95. The zero-order valence-corrected chi connectivity index (χ0v) is 13.3. The lowest BCUT2D eigenvalue weighted by Gasteiger charge is -2.32. The molecule has 1 heterocycles. The summed E-state index contributed by atoms with van der Waals surface area (Å²) in [5.74, 6) is 0. The van der Waals surface area contributed by atoms with Gasteiger partial charge < -0.3 is 15.7 Å². The number of hydrogen-bond acceptors (Lipinski definition) is 3. The topological polar surface area (TPSA) is 64.6 Å². The van der Waals surface area contributed by atoms with E-state index in [0.717, 1.165) is 32.5 Å². The van der Waals surface area contributed by atoms with Crippen molar-refractivity contribution in [2.45, 2.75) is 38.8 Å². The monoisotopic (exact) mass is 305 g/mol. The van der Waals surface area contributed by atoms with Gasteiger partial charge in [0.2, 0.25) is 0 Å². The number of aliphatic hydroxyl groups excluding tert-OH is 1. The Balaban J connectivity index is 1.69.